The maximum absolute atomic E-state index is 13.1. The third-order valence-corrected chi connectivity index (χ3v) is 5.20. The van der Waals surface area contributed by atoms with Crippen molar-refractivity contribution in [3.63, 3.8) is 0 Å². The number of anilines is 1. The van der Waals surface area contributed by atoms with E-state index in [2.05, 4.69) is 15.0 Å². The third kappa shape index (κ3) is 6.30. The monoisotopic (exact) mass is 472 g/mol. The number of hydrogen-bond acceptors (Lipinski definition) is 7. The molecule has 0 atom stereocenters. The molecule has 1 N–H and O–H groups in total. The number of rotatable bonds is 8. The van der Waals surface area contributed by atoms with Crippen molar-refractivity contribution in [3.8, 4) is 17.6 Å². The number of nitriles is 1. The molecule has 0 saturated heterocycles. The summed E-state index contributed by atoms with van der Waals surface area (Å²) in [7, 11) is 1.55. The first-order valence-electron chi connectivity index (χ1n) is 9.51. The molecule has 3 rings (SSSR count). The summed E-state index contributed by atoms with van der Waals surface area (Å²) in [6, 6.07) is 14.3. The second-order valence-electron chi connectivity index (χ2n) is 6.43. The van der Waals surface area contributed by atoms with Gasteiger partial charge in [0, 0.05) is 0 Å². The second-order valence-corrected chi connectivity index (χ2v) is 7.38. The van der Waals surface area contributed by atoms with Crippen molar-refractivity contribution in [3.05, 3.63) is 59.8 Å². The normalized spacial score (nSPS) is 14.3. The van der Waals surface area contributed by atoms with Gasteiger partial charge in [0.05, 0.1) is 24.6 Å². The van der Waals surface area contributed by atoms with Gasteiger partial charge in [0.1, 0.15) is 23.7 Å². The average Bonchev–Trinajstić information content (AvgIpc) is 3.11. The van der Waals surface area contributed by atoms with Gasteiger partial charge in [0.25, 0.3) is 5.91 Å². The molecule has 2 aromatic rings. The quantitative estimate of drug-likeness (QED) is 0.467. The van der Waals surface area contributed by atoms with Gasteiger partial charge in [-0.05, 0) is 48.0 Å². The minimum atomic E-state index is -2.97. The maximum Gasteiger partial charge on any atom is 0.387 e. The van der Waals surface area contributed by atoms with Crippen molar-refractivity contribution in [2.24, 2.45) is 4.99 Å². The number of methoxy groups -OCH3 is 1. The zero-order chi connectivity index (χ0) is 23.8. The Morgan fingerprint density at radius 3 is 2.48 bits per heavy atom. The highest BCUT2D eigenvalue weighted by molar-refractivity contribution is 8.14. The van der Waals surface area contributed by atoms with Gasteiger partial charge in [-0.1, -0.05) is 23.9 Å². The molecule has 170 valence electrons. The molecule has 2 aromatic carbocycles. The number of benzene rings is 2. The Bertz CT molecular complexity index is 1110. The third-order valence-electron chi connectivity index (χ3n) is 4.27. The van der Waals surface area contributed by atoms with Crippen LogP contribution in [0.25, 0.3) is 6.08 Å². The number of carbonyl (C=O) groups is 2. The van der Waals surface area contributed by atoms with E-state index in [9.17, 15) is 18.4 Å². The first-order chi connectivity index (χ1) is 15.9. The highest BCUT2D eigenvalue weighted by Gasteiger charge is 2.32. The number of nitrogens with zero attached hydrogens (tertiary/aromatic N) is 3. The smallest absolute Gasteiger partial charge is 0.387 e. The molecule has 0 bridgehead atoms. The number of alkyl halides is 2. The topological polar surface area (TPSA) is 104 Å². The van der Waals surface area contributed by atoms with Crippen LogP contribution in [-0.4, -0.2) is 43.0 Å². The predicted molar refractivity (Wildman–Crippen MR) is 120 cm³/mol. The largest absolute Gasteiger partial charge is 0.497 e. The number of halogens is 2. The van der Waals surface area contributed by atoms with E-state index in [1.165, 1.54) is 29.2 Å². The van der Waals surface area contributed by atoms with Crippen molar-refractivity contribution in [1.82, 2.24) is 5.32 Å². The Morgan fingerprint density at radius 1 is 1.21 bits per heavy atom. The predicted octanol–water partition coefficient (Wildman–Crippen LogP) is 3.41. The van der Waals surface area contributed by atoms with Crippen molar-refractivity contribution >= 4 is 40.5 Å². The molecular weight excluding hydrogens is 454 g/mol. The molecule has 0 spiro atoms. The summed E-state index contributed by atoms with van der Waals surface area (Å²) in [5.74, 6) is -0.326. The Morgan fingerprint density at radius 2 is 1.88 bits per heavy atom. The minimum Gasteiger partial charge on any atom is -0.497 e. The fourth-order valence-corrected chi connectivity index (χ4v) is 3.62. The molecule has 0 fully saturated rings. The average molecular weight is 472 g/mol. The number of aliphatic imine (C=N–C) groups is 1. The molecule has 1 heterocycles. The zero-order valence-electron chi connectivity index (χ0n) is 17.3. The molecule has 0 aliphatic carbocycles. The highest BCUT2D eigenvalue weighted by Crippen LogP contribution is 2.31. The maximum atomic E-state index is 13.1. The number of amidine groups is 1. The van der Waals surface area contributed by atoms with Crippen LogP contribution in [-0.2, 0) is 9.59 Å². The number of nitrogens with one attached hydrogen (secondary N) is 1. The lowest BCUT2D eigenvalue weighted by molar-refractivity contribution is -0.118. The van der Waals surface area contributed by atoms with Gasteiger partial charge in [-0.15, -0.1) is 0 Å². The van der Waals surface area contributed by atoms with Crippen molar-refractivity contribution in [2.45, 2.75) is 6.61 Å². The van der Waals surface area contributed by atoms with E-state index in [4.69, 9.17) is 10.00 Å². The molecule has 0 aromatic heterocycles. The first kappa shape index (κ1) is 23.7. The number of thioether (sulfide) groups is 1. The number of carbonyl (C=O) groups excluding carboxylic acids is 2. The van der Waals surface area contributed by atoms with Gasteiger partial charge in [-0.2, -0.15) is 14.0 Å². The lowest BCUT2D eigenvalue weighted by atomic mass is 10.2. The number of amides is 2. The van der Waals surface area contributed by atoms with Crippen LogP contribution in [0.3, 0.4) is 0 Å². The standard InChI is InChI=1S/C22H18F2N4O4S/c1-31-16-6-2-14(3-7-16)12-18-20(30)28(15-4-8-17(9-5-15)32-21(23)24)22(27-18)33-13-19(29)26-11-10-25/h2-9,12,21H,11,13H2,1H3,(H,26,29)/b18-12-. The summed E-state index contributed by atoms with van der Waals surface area (Å²) in [6.07, 6.45) is 1.59. The van der Waals surface area contributed by atoms with E-state index in [1.54, 1.807) is 37.5 Å². The Hall–Kier alpha value is -3.91. The lowest BCUT2D eigenvalue weighted by Crippen LogP contribution is -2.32. The molecule has 0 unspecified atom stereocenters. The molecule has 1 aliphatic heterocycles. The number of ether oxygens (including phenoxy) is 2. The SMILES string of the molecule is COc1ccc(/C=C2\N=C(SCC(=O)NCC#N)N(c3ccc(OC(F)F)cc3)C2=O)cc1. The fourth-order valence-electron chi connectivity index (χ4n) is 2.77. The summed E-state index contributed by atoms with van der Waals surface area (Å²) >= 11 is 1.01. The van der Waals surface area contributed by atoms with Crippen LogP contribution in [0.4, 0.5) is 14.5 Å². The second kappa shape index (κ2) is 11.1. The van der Waals surface area contributed by atoms with Crippen molar-refractivity contribution in [2.75, 3.05) is 24.3 Å². The van der Waals surface area contributed by atoms with E-state index in [1.807, 2.05) is 6.07 Å². The van der Waals surface area contributed by atoms with Crippen LogP contribution in [0.1, 0.15) is 5.56 Å². The summed E-state index contributed by atoms with van der Waals surface area (Å²) in [4.78, 5) is 30.7. The van der Waals surface area contributed by atoms with Crippen LogP contribution in [0, 0.1) is 11.3 Å². The van der Waals surface area contributed by atoms with Gasteiger partial charge in [0.2, 0.25) is 5.91 Å². The molecule has 8 nitrogen and oxygen atoms in total. The van der Waals surface area contributed by atoms with Crippen LogP contribution in [0.2, 0.25) is 0 Å². The van der Waals surface area contributed by atoms with Gasteiger partial charge in [-0.25, -0.2) is 4.99 Å². The van der Waals surface area contributed by atoms with E-state index >= 15 is 0 Å². The van der Waals surface area contributed by atoms with Gasteiger partial charge in [-0.3, -0.25) is 14.5 Å². The first-order valence-corrected chi connectivity index (χ1v) is 10.5. The van der Waals surface area contributed by atoms with E-state index in [-0.39, 0.29) is 28.9 Å². The molecule has 33 heavy (non-hydrogen) atoms. The summed E-state index contributed by atoms with van der Waals surface area (Å²) < 4.78 is 34.3. The molecular formula is C22H18F2N4O4S. The molecule has 1 aliphatic rings. The molecule has 0 saturated carbocycles. The van der Waals surface area contributed by atoms with Crippen LogP contribution >= 0.6 is 11.8 Å². The highest BCUT2D eigenvalue weighted by atomic mass is 32.2. The minimum absolute atomic E-state index is 0.0589. The fraction of sp³-hybridized carbons (Fsp3) is 0.182. The van der Waals surface area contributed by atoms with Crippen molar-refractivity contribution < 1.29 is 27.8 Å². The number of hydrogen-bond donors (Lipinski definition) is 1. The summed E-state index contributed by atoms with van der Waals surface area (Å²) in [5.41, 5.74) is 1.21. The van der Waals surface area contributed by atoms with Gasteiger partial charge in [0.15, 0.2) is 5.17 Å². The van der Waals surface area contributed by atoms with Crippen LogP contribution in [0.15, 0.2) is 59.2 Å². The van der Waals surface area contributed by atoms with E-state index in [0.717, 1.165) is 11.8 Å². The van der Waals surface area contributed by atoms with Crippen molar-refractivity contribution in [1.29, 1.82) is 5.26 Å². The van der Waals surface area contributed by atoms with E-state index < -0.39 is 18.4 Å². The molecule has 0 radical (unpaired) electrons. The van der Waals surface area contributed by atoms with E-state index in [0.29, 0.717) is 17.0 Å². The van der Waals surface area contributed by atoms with Crippen LogP contribution < -0.4 is 19.7 Å². The molecule has 11 heteroatoms. The van der Waals surface area contributed by atoms with Crippen LogP contribution in [0.5, 0.6) is 11.5 Å². The Kier molecular flexibility index (Phi) is 7.99. The lowest BCUT2D eigenvalue weighted by Gasteiger charge is -2.18. The molecule has 2 amide bonds. The van der Waals surface area contributed by atoms with Gasteiger partial charge >= 0.3 is 6.61 Å². The Labute approximate surface area is 192 Å². The Balaban J connectivity index is 1.87. The summed E-state index contributed by atoms with van der Waals surface area (Å²) in [5, 5.41) is 11.2. The summed E-state index contributed by atoms with van der Waals surface area (Å²) in [6.45, 7) is -3.11. The zero-order valence-corrected chi connectivity index (χ0v) is 18.1. The van der Waals surface area contributed by atoms with Gasteiger partial charge < -0.3 is 14.8 Å².